The van der Waals surface area contributed by atoms with E-state index in [-0.39, 0.29) is 0 Å². The Morgan fingerprint density at radius 3 is 1.15 bits per heavy atom. The first kappa shape index (κ1) is 27.0. The number of unbranched alkanes of at least 4 members (excludes halogenated alkanes) is 11. The molecule has 164 valence electrons. The molecule has 0 heterocycles. The minimum atomic E-state index is 0.883. The summed E-state index contributed by atoms with van der Waals surface area (Å²) in [6, 6.07) is 0. The second-order valence-corrected chi connectivity index (χ2v) is 9.80. The summed E-state index contributed by atoms with van der Waals surface area (Å²) in [4.78, 5) is 2.79. The van der Waals surface area contributed by atoms with Crippen LogP contribution < -0.4 is 0 Å². The average molecular weight is 382 g/mol. The first-order valence-corrected chi connectivity index (χ1v) is 12.8. The van der Waals surface area contributed by atoms with E-state index in [4.69, 9.17) is 0 Å². The molecular weight excluding hydrogens is 326 g/mol. The van der Waals surface area contributed by atoms with Crippen molar-refractivity contribution < 1.29 is 0 Å². The van der Waals surface area contributed by atoms with Gasteiger partial charge in [0.2, 0.25) is 0 Å². The molecule has 0 N–H and O–H groups in total. The topological polar surface area (TPSA) is 3.24 Å². The highest BCUT2D eigenvalue weighted by Crippen LogP contribution is 2.13. The van der Waals surface area contributed by atoms with Gasteiger partial charge in [-0.25, -0.2) is 0 Å². The maximum absolute atomic E-state index is 2.79. The fraction of sp³-hybridized carbons (Fsp3) is 1.00. The monoisotopic (exact) mass is 381 g/mol. The molecule has 0 aromatic rings. The molecule has 0 aliphatic heterocycles. The number of nitrogens with zero attached hydrogens (tertiary/aromatic N) is 1. The van der Waals surface area contributed by atoms with Crippen molar-refractivity contribution in [3.63, 3.8) is 0 Å². The van der Waals surface area contributed by atoms with Crippen LogP contribution in [0, 0.1) is 11.8 Å². The van der Waals surface area contributed by atoms with Crippen LogP contribution in [0.2, 0.25) is 0 Å². The summed E-state index contributed by atoms with van der Waals surface area (Å²) in [5.74, 6) is 1.77. The lowest BCUT2D eigenvalue weighted by molar-refractivity contribution is 0.254. The van der Waals surface area contributed by atoms with Crippen molar-refractivity contribution in [2.75, 3.05) is 19.6 Å². The Morgan fingerprint density at radius 2 is 0.778 bits per heavy atom. The summed E-state index contributed by atoms with van der Waals surface area (Å²) >= 11 is 0. The Hall–Kier alpha value is -0.0400. The van der Waals surface area contributed by atoms with Crippen molar-refractivity contribution in [2.24, 2.45) is 11.8 Å². The second-order valence-electron chi connectivity index (χ2n) is 9.80. The first-order chi connectivity index (χ1) is 13.1. The predicted octanol–water partition coefficient (Wildman–Crippen LogP) is 8.86. The molecule has 1 nitrogen and oxygen atoms in total. The molecule has 0 saturated carbocycles. The molecule has 0 fully saturated rings. The zero-order valence-corrected chi connectivity index (χ0v) is 20.0. The molecule has 27 heavy (non-hydrogen) atoms. The van der Waals surface area contributed by atoms with Crippen molar-refractivity contribution in [2.45, 2.75) is 137 Å². The van der Waals surface area contributed by atoms with Crippen LogP contribution in [0.4, 0.5) is 0 Å². The summed E-state index contributed by atoms with van der Waals surface area (Å²) in [5, 5.41) is 0. The van der Waals surface area contributed by atoms with Gasteiger partial charge in [0.1, 0.15) is 0 Å². The van der Waals surface area contributed by atoms with E-state index in [0.29, 0.717) is 0 Å². The van der Waals surface area contributed by atoms with E-state index in [2.05, 4.69) is 39.5 Å². The minimum absolute atomic E-state index is 0.883. The van der Waals surface area contributed by atoms with E-state index in [1.807, 2.05) is 0 Å². The fourth-order valence-corrected chi connectivity index (χ4v) is 3.93. The molecule has 0 unspecified atom stereocenters. The molecule has 0 atom stereocenters. The van der Waals surface area contributed by atoms with Crippen molar-refractivity contribution in [1.82, 2.24) is 4.90 Å². The summed E-state index contributed by atoms with van der Waals surface area (Å²) < 4.78 is 0. The number of rotatable bonds is 21. The van der Waals surface area contributed by atoms with Crippen LogP contribution >= 0.6 is 0 Å². The van der Waals surface area contributed by atoms with Crippen molar-refractivity contribution in [3.8, 4) is 0 Å². The van der Waals surface area contributed by atoms with Crippen LogP contribution in [0.15, 0.2) is 0 Å². The third-order valence-corrected chi connectivity index (χ3v) is 5.84. The van der Waals surface area contributed by atoms with Crippen LogP contribution in [0.3, 0.4) is 0 Å². The van der Waals surface area contributed by atoms with E-state index in [0.717, 1.165) is 11.8 Å². The van der Waals surface area contributed by atoms with Crippen LogP contribution in [0.1, 0.15) is 137 Å². The van der Waals surface area contributed by atoms with E-state index in [9.17, 15) is 0 Å². The van der Waals surface area contributed by atoms with Crippen molar-refractivity contribution in [1.29, 1.82) is 0 Å². The van der Waals surface area contributed by atoms with E-state index >= 15 is 0 Å². The molecule has 0 saturated heterocycles. The largest absolute Gasteiger partial charge is 0.303 e. The standard InChI is InChI=1S/C26H55N/c1-6-7-8-17-22-27(23-18-13-9-11-15-20-25(2)3)24-19-14-10-12-16-21-26(4)5/h25-26H,6-24H2,1-5H3. The van der Waals surface area contributed by atoms with E-state index < -0.39 is 0 Å². The van der Waals surface area contributed by atoms with Gasteiger partial charge in [0, 0.05) is 0 Å². The summed E-state index contributed by atoms with van der Waals surface area (Å²) in [6.07, 6.45) is 22.9. The van der Waals surface area contributed by atoms with Crippen molar-refractivity contribution in [3.05, 3.63) is 0 Å². The molecule has 1 heteroatoms. The Bertz CT molecular complexity index is 249. The maximum atomic E-state index is 2.79. The molecule has 0 aliphatic rings. The number of hydrogen-bond acceptors (Lipinski definition) is 1. The van der Waals surface area contributed by atoms with Gasteiger partial charge in [-0.1, -0.05) is 118 Å². The molecule has 0 amide bonds. The van der Waals surface area contributed by atoms with E-state index in [1.165, 1.54) is 122 Å². The molecule has 0 aromatic carbocycles. The summed E-state index contributed by atoms with van der Waals surface area (Å²) in [6.45, 7) is 15.8. The Morgan fingerprint density at radius 1 is 0.444 bits per heavy atom. The highest BCUT2D eigenvalue weighted by molar-refractivity contribution is 4.60. The highest BCUT2D eigenvalue weighted by Gasteiger charge is 2.05. The molecule has 0 radical (unpaired) electrons. The maximum Gasteiger partial charge on any atom is -0.00187 e. The van der Waals surface area contributed by atoms with Crippen molar-refractivity contribution >= 4 is 0 Å². The van der Waals surface area contributed by atoms with E-state index in [1.54, 1.807) is 0 Å². The van der Waals surface area contributed by atoms with Crippen LogP contribution in [-0.4, -0.2) is 24.5 Å². The molecule has 0 aromatic heterocycles. The third-order valence-electron chi connectivity index (χ3n) is 5.84. The number of hydrogen-bond donors (Lipinski definition) is 0. The zero-order chi connectivity index (χ0) is 20.2. The zero-order valence-electron chi connectivity index (χ0n) is 20.0. The molecule has 0 spiro atoms. The summed E-state index contributed by atoms with van der Waals surface area (Å²) in [5.41, 5.74) is 0. The Labute approximate surface area is 174 Å². The summed E-state index contributed by atoms with van der Waals surface area (Å²) in [7, 11) is 0. The Balaban J connectivity index is 3.76. The SMILES string of the molecule is CCCCCCN(CCCCCCCC(C)C)CCCCCCCC(C)C. The lowest BCUT2D eigenvalue weighted by Crippen LogP contribution is -2.27. The van der Waals surface area contributed by atoms with Gasteiger partial charge in [0.15, 0.2) is 0 Å². The van der Waals surface area contributed by atoms with Gasteiger partial charge >= 0.3 is 0 Å². The third kappa shape index (κ3) is 22.1. The Kier molecular flexibility index (Phi) is 20.7. The molecule has 0 aliphatic carbocycles. The van der Waals surface area contributed by atoms with Gasteiger partial charge in [-0.3, -0.25) is 0 Å². The minimum Gasteiger partial charge on any atom is -0.303 e. The van der Waals surface area contributed by atoms with Gasteiger partial charge in [-0.15, -0.1) is 0 Å². The van der Waals surface area contributed by atoms with Gasteiger partial charge < -0.3 is 4.90 Å². The molecule has 0 bridgehead atoms. The van der Waals surface area contributed by atoms with Gasteiger partial charge in [-0.2, -0.15) is 0 Å². The quantitative estimate of drug-likeness (QED) is 0.179. The lowest BCUT2D eigenvalue weighted by Gasteiger charge is -2.22. The van der Waals surface area contributed by atoms with Gasteiger partial charge in [-0.05, 0) is 50.7 Å². The fourth-order valence-electron chi connectivity index (χ4n) is 3.93. The molecular formula is C26H55N. The normalized spacial score (nSPS) is 12.0. The smallest absolute Gasteiger partial charge is 0.00187 e. The predicted molar refractivity (Wildman–Crippen MR) is 126 cm³/mol. The van der Waals surface area contributed by atoms with Gasteiger partial charge in [0.25, 0.3) is 0 Å². The lowest BCUT2D eigenvalue weighted by atomic mass is 10.0. The van der Waals surface area contributed by atoms with Gasteiger partial charge in [0.05, 0.1) is 0 Å². The molecule has 0 rings (SSSR count). The van der Waals surface area contributed by atoms with Crippen LogP contribution in [0.25, 0.3) is 0 Å². The van der Waals surface area contributed by atoms with Crippen LogP contribution in [-0.2, 0) is 0 Å². The highest BCUT2D eigenvalue weighted by atomic mass is 15.1. The average Bonchev–Trinajstić information content (AvgIpc) is 2.62. The van der Waals surface area contributed by atoms with Crippen LogP contribution in [0.5, 0.6) is 0 Å². The first-order valence-electron chi connectivity index (χ1n) is 12.8. The second kappa shape index (κ2) is 20.7.